The number of aliphatic hydroxyl groups is 1. The molecule has 28 heavy (non-hydrogen) atoms. The zero-order valence-electron chi connectivity index (χ0n) is 16.1. The van der Waals surface area contributed by atoms with E-state index in [9.17, 15) is 14.3 Å². The Kier molecular flexibility index (Phi) is 6.21. The molecule has 1 fully saturated rings. The Balaban J connectivity index is 1.68. The number of amides is 1. The Morgan fingerprint density at radius 1 is 1.39 bits per heavy atom. The van der Waals surface area contributed by atoms with Gasteiger partial charge in [0.2, 0.25) is 0 Å². The normalized spacial score (nSPS) is 19.9. The van der Waals surface area contributed by atoms with E-state index in [1.54, 1.807) is 24.7 Å². The van der Waals surface area contributed by atoms with Crippen molar-refractivity contribution < 1.29 is 19.0 Å². The lowest BCUT2D eigenvalue weighted by Crippen LogP contribution is -2.57. The third-order valence-electron chi connectivity index (χ3n) is 4.90. The van der Waals surface area contributed by atoms with E-state index in [4.69, 9.17) is 4.74 Å². The van der Waals surface area contributed by atoms with Crippen LogP contribution in [-0.4, -0.2) is 63.6 Å². The van der Waals surface area contributed by atoms with Crippen molar-refractivity contribution in [2.75, 3.05) is 27.2 Å². The minimum Gasteiger partial charge on any atom is -0.497 e. The summed E-state index contributed by atoms with van der Waals surface area (Å²) in [5.74, 6) is -0.255. The average Bonchev–Trinajstić information content (AvgIpc) is 2.68. The van der Waals surface area contributed by atoms with Crippen LogP contribution < -0.4 is 4.74 Å². The Labute approximate surface area is 163 Å². The van der Waals surface area contributed by atoms with Crippen LogP contribution in [-0.2, 0) is 17.9 Å². The van der Waals surface area contributed by atoms with Gasteiger partial charge in [-0.05, 0) is 38.1 Å². The van der Waals surface area contributed by atoms with Crippen LogP contribution in [0.4, 0.5) is 4.39 Å². The molecule has 1 atom stereocenters. The summed E-state index contributed by atoms with van der Waals surface area (Å²) in [6.07, 6.45) is 5.87. The first kappa shape index (κ1) is 20.2. The van der Waals surface area contributed by atoms with E-state index in [1.165, 1.54) is 24.1 Å². The molecule has 1 N–H and O–H groups in total. The number of piperidine rings is 1. The average molecular weight is 388 g/mol. The van der Waals surface area contributed by atoms with Crippen molar-refractivity contribution in [3.8, 4) is 5.75 Å². The van der Waals surface area contributed by atoms with Gasteiger partial charge in [-0.1, -0.05) is 0 Å². The minimum absolute atomic E-state index is 0.0953. The van der Waals surface area contributed by atoms with Crippen LogP contribution in [0.1, 0.15) is 24.1 Å². The molecule has 2 aromatic rings. The number of rotatable bonds is 7. The molecule has 0 saturated carbocycles. The molecule has 0 bridgehead atoms. The van der Waals surface area contributed by atoms with E-state index in [0.717, 1.165) is 5.69 Å². The summed E-state index contributed by atoms with van der Waals surface area (Å²) < 4.78 is 19.3. The molecule has 2 heterocycles. The Hall–Kier alpha value is -2.58. The summed E-state index contributed by atoms with van der Waals surface area (Å²) in [4.78, 5) is 24.6. The molecule has 1 saturated heterocycles. The fraction of sp³-hybridized carbons (Fsp3) is 0.450. The van der Waals surface area contributed by atoms with Gasteiger partial charge in [0.1, 0.15) is 11.6 Å². The molecule has 1 aromatic heterocycles. The van der Waals surface area contributed by atoms with Crippen LogP contribution in [0.2, 0.25) is 0 Å². The zero-order chi connectivity index (χ0) is 20.1. The number of benzene rings is 1. The molecular weight excluding hydrogens is 363 g/mol. The first-order chi connectivity index (χ1) is 13.4. The predicted molar refractivity (Wildman–Crippen MR) is 101 cm³/mol. The third-order valence-corrected chi connectivity index (χ3v) is 4.90. The molecule has 1 aliphatic heterocycles. The van der Waals surface area contributed by atoms with Crippen molar-refractivity contribution in [2.45, 2.75) is 31.5 Å². The summed E-state index contributed by atoms with van der Waals surface area (Å²) in [7, 11) is 3.33. The molecule has 0 spiro atoms. The van der Waals surface area contributed by atoms with E-state index >= 15 is 0 Å². The number of hydrogen-bond donors (Lipinski definition) is 1. The lowest BCUT2D eigenvalue weighted by atomic mass is 9.90. The van der Waals surface area contributed by atoms with Crippen LogP contribution in [0.5, 0.6) is 5.75 Å². The molecule has 7 nitrogen and oxygen atoms in total. The Bertz CT molecular complexity index is 820. The van der Waals surface area contributed by atoms with E-state index in [1.807, 2.05) is 11.9 Å². The predicted octanol–water partition coefficient (Wildman–Crippen LogP) is 1.61. The van der Waals surface area contributed by atoms with Crippen LogP contribution in [0, 0.1) is 5.82 Å². The second-order valence-corrected chi connectivity index (χ2v) is 7.19. The van der Waals surface area contributed by atoms with Crippen molar-refractivity contribution in [3.63, 3.8) is 0 Å². The van der Waals surface area contributed by atoms with Crippen molar-refractivity contribution in [1.82, 2.24) is 19.8 Å². The molecule has 1 aliphatic rings. The lowest BCUT2D eigenvalue weighted by molar-refractivity contribution is -0.160. The number of carbonyl (C=O) groups is 1. The van der Waals surface area contributed by atoms with Gasteiger partial charge in [0, 0.05) is 50.3 Å². The number of likely N-dealkylation sites (tertiary alicyclic amines) is 1. The molecule has 1 amide bonds. The number of aromatic nitrogens is 2. The highest BCUT2D eigenvalue weighted by Crippen LogP contribution is 2.27. The van der Waals surface area contributed by atoms with Crippen LogP contribution in [0.25, 0.3) is 0 Å². The topological polar surface area (TPSA) is 78.8 Å². The number of methoxy groups -OCH3 is 1. The van der Waals surface area contributed by atoms with Gasteiger partial charge < -0.3 is 14.7 Å². The smallest absolute Gasteiger partial charge is 0.256 e. The highest BCUT2D eigenvalue weighted by atomic mass is 19.1. The largest absolute Gasteiger partial charge is 0.497 e. The Morgan fingerprint density at radius 3 is 2.93 bits per heavy atom. The number of carbonyl (C=O) groups excluding carboxylic acids is 1. The second kappa shape index (κ2) is 8.62. The van der Waals surface area contributed by atoms with Crippen LogP contribution in [0.15, 0.2) is 36.8 Å². The zero-order valence-corrected chi connectivity index (χ0v) is 16.1. The summed E-state index contributed by atoms with van der Waals surface area (Å²) in [6.45, 7) is 1.21. The van der Waals surface area contributed by atoms with E-state index in [0.29, 0.717) is 37.2 Å². The van der Waals surface area contributed by atoms with Gasteiger partial charge in [-0.2, -0.15) is 0 Å². The fourth-order valence-electron chi connectivity index (χ4n) is 3.56. The molecule has 0 unspecified atom stereocenters. The summed E-state index contributed by atoms with van der Waals surface area (Å²) >= 11 is 0. The standard InChI is InChI=1S/C20H25FN4O3/c1-24(13-16-11-22-7-8-23-16)14-20(27)6-3-9-25(19(20)26)12-15-10-17(28-2)4-5-18(15)21/h4-5,7-8,10-11,27H,3,6,9,12-14H2,1-2H3/t20-/m1/s1. The van der Waals surface area contributed by atoms with Crippen LogP contribution >= 0.6 is 0 Å². The van der Waals surface area contributed by atoms with Gasteiger partial charge in [-0.15, -0.1) is 0 Å². The molecule has 1 aromatic carbocycles. The fourth-order valence-corrected chi connectivity index (χ4v) is 3.56. The Morgan fingerprint density at radius 2 is 2.21 bits per heavy atom. The molecule has 150 valence electrons. The van der Waals surface area contributed by atoms with Gasteiger partial charge in [0.05, 0.1) is 12.8 Å². The number of nitrogens with zero attached hydrogens (tertiary/aromatic N) is 4. The van der Waals surface area contributed by atoms with Gasteiger partial charge in [0.25, 0.3) is 5.91 Å². The van der Waals surface area contributed by atoms with E-state index in [-0.39, 0.29) is 19.0 Å². The summed E-state index contributed by atoms with van der Waals surface area (Å²) in [5.41, 5.74) is -0.387. The molecule has 3 rings (SSSR count). The minimum atomic E-state index is -1.51. The molecule has 0 aliphatic carbocycles. The van der Waals surface area contributed by atoms with Gasteiger partial charge in [-0.25, -0.2) is 4.39 Å². The van der Waals surface area contributed by atoms with Crippen molar-refractivity contribution in [2.24, 2.45) is 0 Å². The first-order valence-corrected chi connectivity index (χ1v) is 9.19. The molecule has 0 radical (unpaired) electrons. The maximum absolute atomic E-state index is 14.2. The van der Waals surface area contributed by atoms with Gasteiger partial charge in [0.15, 0.2) is 5.60 Å². The highest BCUT2D eigenvalue weighted by Gasteiger charge is 2.43. The number of hydrogen-bond acceptors (Lipinski definition) is 6. The van der Waals surface area contributed by atoms with Gasteiger partial charge >= 0.3 is 0 Å². The first-order valence-electron chi connectivity index (χ1n) is 9.19. The quantitative estimate of drug-likeness (QED) is 0.776. The van der Waals surface area contributed by atoms with E-state index in [2.05, 4.69) is 9.97 Å². The summed E-state index contributed by atoms with van der Waals surface area (Å²) in [6, 6.07) is 4.44. The van der Waals surface area contributed by atoms with Gasteiger partial charge in [-0.3, -0.25) is 19.7 Å². The SMILES string of the molecule is COc1ccc(F)c(CN2CCC[C@@](O)(CN(C)Cc3cnccn3)C2=O)c1. The maximum Gasteiger partial charge on any atom is 0.256 e. The lowest BCUT2D eigenvalue weighted by Gasteiger charge is -2.40. The van der Waals surface area contributed by atoms with E-state index < -0.39 is 11.4 Å². The molecule has 8 heteroatoms. The molecular formula is C20H25FN4O3. The van der Waals surface area contributed by atoms with Crippen molar-refractivity contribution >= 4 is 5.91 Å². The highest BCUT2D eigenvalue weighted by molar-refractivity contribution is 5.86. The second-order valence-electron chi connectivity index (χ2n) is 7.19. The monoisotopic (exact) mass is 388 g/mol. The third kappa shape index (κ3) is 4.63. The number of likely N-dealkylation sites (N-methyl/N-ethyl adjacent to an activating group) is 1. The maximum atomic E-state index is 14.2. The van der Waals surface area contributed by atoms with Crippen LogP contribution in [0.3, 0.4) is 0 Å². The van der Waals surface area contributed by atoms with Crippen molar-refractivity contribution in [1.29, 1.82) is 0 Å². The van der Waals surface area contributed by atoms with Crippen molar-refractivity contribution in [3.05, 3.63) is 53.9 Å². The summed E-state index contributed by atoms with van der Waals surface area (Å²) in [5, 5.41) is 11.0. The number of ether oxygens (including phenoxy) is 1. The number of halogens is 1.